The fraction of sp³-hybridized carbons (Fsp3) is 0.367. The van der Waals surface area contributed by atoms with Gasteiger partial charge in [0.1, 0.15) is 0 Å². The molecule has 0 bridgehead atoms. The van der Waals surface area contributed by atoms with Crippen molar-refractivity contribution >= 4 is 51.6 Å². The number of nitrogens with zero attached hydrogens (tertiary/aromatic N) is 5. The van der Waals surface area contributed by atoms with Crippen molar-refractivity contribution in [1.29, 1.82) is 0 Å². The first kappa shape index (κ1) is 26.3. The highest BCUT2D eigenvalue weighted by molar-refractivity contribution is 7.80. The summed E-state index contributed by atoms with van der Waals surface area (Å²) >= 11 is 14.6. The number of thiazole rings is 1. The molecule has 1 N–H and O–H groups in total. The lowest BCUT2D eigenvalue weighted by Gasteiger charge is -2.37. The molecule has 2 fully saturated rings. The van der Waals surface area contributed by atoms with Crippen LogP contribution in [0.25, 0.3) is 5.13 Å². The molecule has 0 saturated carbocycles. The van der Waals surface area contributed by atoms with Gasteiger partial charge in [0.05, 0.1) is 28.5 Å². The van der Waals surface area contributed by atoms with Crippen LogP contribution in [0, 0.1) is 25.7 Å². The summed E-state index contributed by atoms with van der Waals surface area (Å²) < 4.78 is 2.23. The van der Waals surface area contributed by atoms with Gasteiger partial charge in [0.2, 0.25) is 0 Å². The molecule has 0 unspecified atom stereocenters. The fourth-order valence-electron chi connectivity index (χ4n) is 6.42. The number of aryl methyl sites for hydroxylation is 1. The van der Waals surface area contributed by atoms with Gasteiger partial charge in [-0.1, -0.05) is 31.5 Å². The molecule has 6 rings (SSSR count). The monoisotopic (exact) mass is 576 g/mol. The lowest BCUT2D eigenvalue weighted by Crippen LogP contribution is -2.38. The lowest BCUT2D eigenvalue weighted by atomic mass is 9.91. The first-order valence-electron chi connectivity index (χ1n) is 13.5. The van der Waals surface area contributed by atoms with Crippen LogP contribution >= 0.6 is 35.2 Å². The van der Waals surface area contributed by atoms with Gasteiger partial charge < -0.3 is 15.1 Å². The van der Waals surface area contributed by atoms with Gasteiger partial charge in [0.15, 0.2) is 10.2 Å². The maximum Gasteiger partial charge on any atom is 0.193 e. The molecule has 9 heteroatoms. The second-order valence-electron chi connectivity index (χ2n) is 11.0. The Kier molecular flexibility index (Phi) is 7.12. The molecule has 0 amide bonds. The van der Waals surface area contributed by atoms with E-state index in [1.807, 2.05) is 29.9 Å². The zero-order valence-electron chi connectivity index (χ0n) is 22.6. The number of rotatable bonds is 5. The number of benzene rings is 1. The van der Waals surface area contributed by atoms with Crippen molar-refractivity contribution in [3.63, 3.8) is 0 Å². The van der Waals surface area contributed by atoms with E-state index in [2.05, 4.69) is 82.7 Å². The minimum Gasteiger partial charge on any atom is -0.370 e. The molecule has 39 heavy (non-hydrogen) atoms. The standard InChI is InChI=1S/C30H33ClN6S2/c1-18-13-19(2)17-35(16-18)26-9-8-22(15-24(26)31)37-28(27(34-29(37)38)25-7-5-6-10-32-25)23-14-20(3)36(21(23)4)30-33-11-12-39-30/h5-12,14-15,18-19,27-28H,13,16-17H2,1-4H3,(H,34,38)/t18-,19-,27+,28-/m1/s1. The van der Waals surface area contributed by atoms with Crippen LogP contribution in [-0.4, -0.2) is 32.7 Å². The van der Waals surface area contributed by atoms with Crippen LogP contribution < -0.4 is 15.1 Å². The van der Waals surface area contributed by atoms with Crippen molar-refractivity contribution < 1.29 is 0 Å². The molecule has 202 valence electrons. The Morgan fingerprint density at radius 1 is 1.03 bits per heavy atom. The van der Waals surface area contributed by atoms with Crippen molar-refractivity contribution in [1.82, 2.24) is 19.9 Å². The Hall–Kier alpha value is -2.94. The molecule has 2 aliphatic heterocycles. The molecular weight excluding hydrogens is 544 g/mol. The van der Waals surface area contributed by atoms with Gasteiger partial charge >= 0.3 is 0 Å². The third kappa shape index (κ3) is 4.83. The highest BCUT2D eigenvalue weighted by Gasteiger charge is 2.42. The number of nitrogens with one attached hydrogen (secondary N) is 1. The van der Waals surface area contributed by atoms with Crippen molar-refractivity contribution in [3.8, 4) is 5.13 Å². The van der Waals surface area contributed by atoms with Crippen LogP contribution in [0.15, 0.2) is 60.2 Å². The van der Waals surface area contributed by atoms with Gasteiger partial charge in [0.25, 0.3) is 0 Å². The van der Waals surface area contributed by atoms with Gasteiger partial charge in [0, 0.05) is 47.9 Å². The molecular formula is C30H33ClN6S2. The van der Waals surface area contributed by atoms with Crippen molar-refractivity contribution in [2.24, 2.45) is 11.8 Å². The summed E-state index contributed by atoms with van der Waals surface area (Å²) in [5.74, 6) is 1.30. The summed E-state index contributed by atoms with van der Waals surface area (Å²) in [6, 6.07) is 14.5. The van der Waals surface area contributed by atoms with Crippen molar-refractivity contribution in [2.75, 3.05) is 22.9 Å². The number of thiocarbonyl (C=S) groups is 1. The summed E-state index contributed by atoms with van der Waals surface area (Å²) in [7, 11) is 0. The van der Waals surface area contributed by atoms with E-state index >= 15 is 0 Å². The molecule has 4 atom stereocenters. The molecule has 4 aromatic rings. The van der Waals surface area contributed by atoms with Crippen LogP contribution in [0.2, 0.25) is 5.02 Å². The smallest absolute Gasteiger partial charge is 0.193 e. The largest absolute Gasteiger partial charge is 0.370 e. The zero-order chi connectivity index (χ0) is 27.3. The van der Waals surface area contributed by atoms with Gasteiger partial charge in [-0.2, -0.15) is 0 Å². The van der Waals surface area contributed by atoms with E-state index in [1.54, 1.807) is 11.3 Å². The van der Waals surface area contributed by atoms with E-state index in [9.17, 15) is 0 Å². The van der Waals surface area contributed by atoms with E-state index in [0.29, 0.717) is 16.9 Å². The third-order valence-electron chi connectivity index (χ3n) is 7.92. The predicted molar refractivity (Wildman–Crippen MR) is 165 cm³/mol. The van der Waals surface area contributed by atoms with Gasteiger partial charge in [-0.15, -0.1) is 11.3 Å². The molecule has 0 spiro atoms. The van der Waals surface area contributed by atoms with Gasteiger partial charge in [-0.3, -0.25) is 9.55 Å². The number of anilines is 2. The van der Waals surface area contributed by atoms with E-state index in [4.69, 9.17) is 28.8 Å². The van der Waals surface area contributed by atoms with Crippen molar-refractivity contribution in [2.45, 2.75) is 46.2 Å². The first-order valence-corrected chi connectivity index (χ1v) is 15.1. The number of hydrogen-bond acceptors (Lipinski definition) is 5. The summed E-state index contributed by atoms with van der Waals surface area (Å²) in [6.45, 7) is 11.0. The second-order valence-corrected chi connectivity index (χ2v) is 12.6. The Bertz CT molecular complexity index is 1470. The summed E-state index contributed by atoms with van der Waals surface area (Å²) in [6.07, 6.45) is 4.95. The zero-order valence-corrected chi connectivity index (χ0v) is 25.0. The van der Waals surface area contributed by atoms with E-state index in [-0.39, 0.29) is 12.1 Å². The molecule has 0 radical (unpaired) electrons. The van der Waals surface area contributed by atoms with Crippen LogP contribution in [0.1, 0.15) is 55.0 Å². The average Bonchev–Trinajstić information content (AvgIpc) is 3.61. The Balaban J connectivity index is 1.43. The van der Waals surface area contributed by atoms with Crippen LogP contribution in [0.4, 0.5) is 11.4 Å². The van der Waals surface area contributed by atoms with Crippen molar-refractivity contribution in [3.05, 3.63) is 87.9 Å². The summed E-state index contributed by atoms with van der Waals surface area (Å²) in [5.41, 5.74) is 6.48. The predicted octanol–water partition coefficient (Wildman–Crippen LogP) is 7.26. The van der Waals surface area contributed by atoms with E-state index in [1.165, 1.54) is 12.0 Å². The minimum atomic E-state index is -0.119. The number of aromatic nitrogens is 3. The van der Waals surface area contributed by atoms with Gasteiger partial charge in [-0.25, -0.2) is 4.98 Å². The SMILES string of the molecule is Cc1cc([C@@H]2[C@H](c3ccccn3)NC(=S)N2c2ccc(N3C[C@H](C)C[C@@H](C)C3)c(Cl)c2)c(C)n1-c1nccs1. The highest BCUT2D eigenvalue weighted by atomic mass is 35.5. The summed E-state index contributed by atoms with van der Waals surface area (Å²) in [4.78, 5) is 13.9. The molecule has 5 heterocycles. The normalized spacial score (nSPS) is 23.4. The molecule has 2 saturated heterocycles. The van der Waals surface area contributed by atoms with E-state index < -0.39 is 0 Å². The topological polar surface area (TPSA) is 49.2 Å². The Labute approximate surface area is 244 Å². The minimum absolute atomic E-state index is 0.107. The van der Waals surface area contributed by atoms with Crippen LogP contribution in [0.3, 0.4) is 0 Å². The fourth-order valence-corrected chi connectivity index (χ4v) is 7.81. The lowest BCUT2D eigenvalue weighted by molar-refractivity contribution is 0.357. The third-order valence-corrected chi connectivity index (χ3v) is 9.29. The Morgan fingerprint density at radius 2 is 1.82 bits per heavy atom. The first-order chi connectivity index (χ1) is 18.8. The highest BCUT2D eigenvalue weighted by Crippen LogP contribution is 2.45. The number of pyridine rings is 1. The van der Waals surface area contributed by atoms with E-state index in [0.717, 1.165) is 51.7 Å². The quantitative estimate of drug-likeness (QED) is 0.252. The maximum absolute atomic E-state index is 7.00. The van der Waals surface area contributed by atoms with Crippen LogP contribution in [0.5, 0.6) is 0 Å². The molecule has 0 aliphatic carbocycles. The molecule has 3 aromatic heterocycles. The number of piperidine rings is 1. The second kappa shape index (κ2) is 10.6. The number of hydrogen-bond donors (Lipinski definition) is 1. The maximum atomic E-state index is 7.00. The molecule has 2 aliphatic rings. The average molecular weight is 577 g/mol. The van der Waals surface area contributed by atoms with Gasteiger partial charge in [-0.05, 0) is 86.3 Å². The number of halogens is 1. The van der Waals surface area contributed by atoms with Crippen LogP contribution in [-0.2, 0) is 0 Å². The summed E-state index contributed by atoms with van der Waals surface area (Å²) in [5, 5.41) is 7.98. The Morgan fingerprint density at radius 3 is 2.49 bits per heavy atom. The molecule has 1 aromatic carbocycles. The molecule has 6 nitrogen and oxygen atoms in total.